The summed E-state index contributed by atoms with van der Waals surface area (Å²) in [5, 5.41) is 0.0139. The fraction of sp³-hybridized carbons (Fsp3) is 0.600. The van der Waals surface area contributed by atoms with Crippen molar-refractivity contribution in [2.24, 2.45) is 0 Å². The molecule has 2 aliphatic heterocycles. The molecule has 2 aliphatic rings. The molecule has 2 atom stereocenters. The first-order chi connectivity index (χ1) is 9.33. The Morgan fingerprint density at radius 2 is 2.00 bits per heavy atom. The molecule has 2 heterocycles. The highest BCUT2D eigenvalue weighted by atomic mass is 35.5. The summed E-state index contributed by atoms with van der Waals surface area (Å²) in [4.78, 5) is 0. The lowest BCUT2D eigenvalue weighted by atomic mass is 10.0. The number of halogens is 1. The fourth-order valence-corrected chi connectivity index (χ4v) is 2.89. The number of rotatable bonds is 4. The number of hydrogen-bond acceptors (Lipinski definition) is 3. The summed E-state index contributed by atoms with van der Waals surface area (Å²) in [6.45, 7) is 2.14. The van der Waals surface area contributed by atoms with Gasteiger partial charge in [-0.3, -0.25) is 0 Å². The van der Waals surface area contributed by atoms with Gasteiger partial charge in [-0.2, -0.15) is 0 Å². The highest BCUT2D eigenvalue weighted by molar-refractivity contribution is 6.20. The van der Waals surface area contributed by atoms with Crippen molar-refractivity contribution in [3.63, 3.8) is 0 Å². The second kappa shape index (κ2) is 6.02. The lowest BCUT2D eigenvalue weighted by molar-refractivity contribution is 0.102. The standard InChI is InChI=1S/C15H19ClO3/c16-13(5-4-12-2-1-7-17-12)11-3-6-14-15(10-11)19-9-8-18-14/h3,6,10,12-13H,1-2,4-5,7-9H2. The first kappa shape index (κ1) is 13.1. The fourth-order valence-electron chi connectivity index (χ4n) is 2.63. The Labute approximate surface area is 118 Å². The Kier molecular flexibility index (Phi) is 4.14. The van der Waals surface area contributed by atoms with Crippen LogP contribution >= 0.6 is 11.6 Å². The van der Waals surface area contributed by atoms with Gasteiger partial charge in [0.1, 0.15) is 13.2 Å². The number of hydrogen-bond donors (Lipinski definition) is 0. The number of benzene rings is 1. The van der Waals surface area contributed by atoms with Gasteiger partial charge in [0.25, 0.3) is 0 Å². The van der Waals surface area contributed by atoms with Crippen LogP contribution in [0.15, 0.2) is 18.2 Å². The number of alkyl halides is 1. The van der Waals surface area contributed by atoms with Crippen molar-refractivity contribution in [3.8, 4) is 11.5 Å². The molecular formula is C15H19ClO3. The van der Waals surface area contributed by atoms with Crippen LogP contribution in [-0.4, -0.2) is 25.9 Å². The van der Waals surface area contributed by atoms with Crippen LogP contribution in [0.1, 0.15) is 36.6 Å². The lowest BCUT2D eigenvalue weighted by Crippen LogP contribution is -2.15. The van der Waals surface area contributed by atoms with E-state index in [0.29, 0.717) is 19.3 Å². The molecule has 0 N–H and O–H groups in total. The Morgan fingerprint density at radius 1 is 1.16 bits per heavy atom. The molecule has 19 heavy (non-hydrogen) atoms. The van der Waals surface area contributed by atoms with E-state index < -0.39 is 0 Å². The molecule has 0 aromatic heterocycles. The molecular weight excluding hydrogens is 264 g/mol. The van der Waals surface area contributed by atoms with Crippen LogP contribution in [0.25, 0.3) is 0 Å². The molecule has 1 saturated heterocycles. The van der Waals surface area contributed by atoms with E-state index in [4.69, 9.17) is 25.8 Å². The monoisotopic (exact) mass is 282 g/mol. The summed E-state index contributed by atoms with van der Waals surface area (Å²) < 4.78 is 16.7. The number of fused-ring (bicyclic) bond motifs is 1. The van der Waals surface area contributed by atoms with E-state index in [0.717, 1.165) is 36.5 Å². The van der Waals surface area contributed by atoms with Gasteiger partial charge in [-0.15, -0.1) is 11.6 Å². The van der Waals surface area contributed by atoms with Crippen molar-refractivity contribution in [1.82, 2.24) is 0 Å². The summed E-state index contributed by atoms with van der Waals surface area (Å²) >= 11 is 6.48. The highest BCUT2D eigenvalue weighted by Crippen LogP contribution is 2.36. The molecule has 1 aromatic carbocycles. The van der Waals surface area contributed by atoms with Crippen LogP contribution in [0.2, 0.25) is 0 Å². The highest BCUT2D eigenvalue weighted by Gasteiger charge is 2.19. The van der Waals surface area contributed by atoms with Gasteiger partial charge in [0.15, 0.2) is 11.5 Å². The second-order valence-electron chi connectivity index (χ2n) is 5.08. The van der Waals surface area contributed by atoms with Gasteiger partial charge < -0.3 is 14.2 Å². The summed E-state index contributed by atoms with van der Waals surface area (Å²) in [6.07, 6.45) is 4.72. The van der Waals surface area contributed by atoms with Gasteiger partial charge in [-0.1, -0.05) is 6.07 Å². The zero-order valence-electron chi connectivity index (χ0n) is 10.9. The molecule has 104 valence electrons. The Morgan fingerprint density at radius 3 is 2.79 bits per heavy atom. The molecule has 0 saturated carbocycles. The normalized spacial score (nSPS) is 23.3. The van der Waals surface area contributed by atoms with E-state index in [1.54, 1.807) is 0 Å². The van der Waals surface area contributed by atoms with Gasteiger partial charge in [0, 0.05) is 6.61 Å². The van der Waals surface area contributed by atoms with Crippen molar-refractivity contribution in [1.29, 1.82) is 0 Å². The van der Waals surface area contributed by atoms with Crippen LogP contribution < -0.4 is 9.47 Å². The first-order valence-corrected chi connectivity index (χ1v) is 7.42. The van der Waals surface area contributed by atoms with E-state index in [9.17, 15) is 0 Å². The summed E-state index contributed by atoms with van der Waals surface area (Å²) in [5.74, 6) is 1.63. The molecule has 1 aromatic rings. The topological polar surface area (TPSA) is 27.7 Å². The molecule has 0 spiro atoms. The van der Waals surface area contributed by atoms with Gasteiger partial charge in [-0.05, 0) is 43.4 Å². The van der Waals surface area contributed by atoms with Crippen LogP contribution in [-0.2, 0) is 4.74 Å². The molecule has 0 amide bonds. The van der Waals surface area contributed by atoms with E-state index in [2.05, 4.69) is 0 Å². The van der Waals surface area contributed by atoms with Gasteiger partial charge in [-0.25, -0.2) is 0 Å². The van der Waals surface area contributed by atoms with Gasteiger partial charge >= 0.3 is 0 Å². The number of ether oxygens (including phenoxy) is 3. The van der Waals surface area contributed by atoms with Crippen molar-refractivity contribution >= 4 is 11.6 Å². The molecule has 1 fully saturated rings. The van der Waals surface area contributed by atoms with E-state index in [-0.39, 0.29) is 5.38 Å². The lowest BCUT2D eigenvalue weighted by Gasteiger charge is -2.20. The minimum Gasteiger partial charge on any atom is -0.486 e. The van der Waals surface area contributed by atoms with Crippen LogP contribution in [0.4, 0.5) is 0 Å². The average molecular weight is 283 g/mol. The van der Waals surface area contributed by atoms with E-state index in [1.807, 2.05) is 18.2 Å². The zero-order valence-corrected chi connectivity index (χ0v) is 11.7. The third-order valence-corrected chi connectivity index (χ3v) is 4.16. The molecule has 0 radical (unpaired) electrons. The van der Waals surface area contributed by atoms with Crippen LogP contribution in [0.5, 0.6) is 11.5 Å². The average Bonchev–Trinajstić information content (AvgIpc) is 2.97. The third-order valence-electron chi connectivity index (χ3n) is 3.69. The van der Waals surface area contributed by atoms with Crippen LogP contribution in [0, 0.1) is 0 Å². The molecule has 0 aliphatic carbocycles. The molecule has 0 bridgehead atoms. The Balaban J connectivity index is 1.60. The predicted molar refractivity (Wildman–Crippen MR) is 74.2 cm³/mol. The summed E-state index contributed by atoms with van der Waals surface area (Å²) in [7, 11) is 0. The Bertz CT molecular complexity index is 429. The molecule has 2 unspecified atom stereocenters. The smallest absolute Gasteiger partial charge is 0.161 e. The minimum atomic E-state index is 0.0139. The third kappa shape index (κ3) is 3.15. The zero-order chi connectivity index (χ0) is 13.1. The van der Waals surface area contributed by atoms with Crippen molar-refractivity contribution in [2.75, 3.05) is 19.8 Å². The maximum Gasteiger partial charge on any atom is 0.161 e. The maximum atomic E-state index is 6.48. The SMILES string of the molecule is ClC(CCC1CCCO1)c1ccc2c(c1)OCCO2. The van der Waals surface area contributed by atoms with Gasteiger partial charge in [0.05, 0.1) is 11.5 Å². The van der Waals surface area contributed by atoms with Crippen molar-refractivity contribution in [3.05, 3.63) is 23.8 Å². The quantitative estimate of drug-likeness (QED) is 0.788. The largest absolute Gasteiger partial charge is 0.486 e. The van der Waals surface area contributed by atoms with E-state index >= 15 is 0 Å². The summed E-state index contributed by atoms with van der Waals surface area (Å²) in [5.41, 5.74) is 1.10. The van der Waals surface area contributed by atoms with Crippen molar-refractivity contribution in [2.45, 2.75) is 37.2 Å². The Hall–Kier alpha value is -0.930. The van der Waals surface area contributed by atoms with Crippen molar-refractivity contribution < 1.29 is 14.2 Å². The van der Waals surface area contributed by atoms with E-state index in [1.165, 1.54) is 12.8 Å². The summed E-state index contributed by atoms with van der Waals surface area (Å²) in [6, 6.07) is 5.98. The maximum absolute atomic E-state index is 6.48. The predicted octanol–water partition coefficient (Wildman–Crippen LogP) is 3.70. The molecule has 3 rings (SSSR count). The second-order valence-corrected chi connectivity index (χ2v) is 5.61. The van der Waals surface area contributed by atoms with Gasteiger partial charge in [0.2, 0.25) is 0 Å². The molecule has 3 nitrogen and oxygen atoms in total. The van der Waals surface area contributed by atoms with Crippen LogP contribution in [0.3, 0.4) is 0 Å². The minimum absolute atomic E-state index is 0.0139. The first-order valence-electron chi connectivity index (χ1n) is 6.98. The molecule has 4 heteroatoms.